The highest BCUT2D eigenvalue weighted by atomic mass is 35.5. The van der Waals surface area contributed by atoms with E-state index in [0.29, 0.717) is 24.5 Å². The van der Waals surface area contributed by atoms with Gasteiger partial charge in [0.15, 0.2) is 18.0 Å². The van der Waals surface area contributed by atoms with Crippen LogP contribution in [0.4, 0.5) is 11.4 Å². The van der Waals surface area contributed by atoms with E-state index in [1.807, 2.05) is 91.8 Å². The number of ketones is 1. The van der Waals surface area contributed by atoms with Crippen LogP contribution in [-0.2, 0) is 33.4 Å². The van der Waals surface area contributed by atoms with Gasteiger partial charge >= 0.3 is 5.97 Å². The number of halogens is 1. The number of carbonyl (C=O) groups is 4. The van der Waals surface area contributed by atoms with E-state index in [2.05, 4.69) is 0 Å². The van der Waals surface area contributed by atoms with Crippen LogP contribution in [0.1, 0.15) is 74.7 Å². The monoisotopic (exact) mass is 963 g/mol. The average molecular weight is 965 g/mol. The predicted molar refractivity (Wildman–Crippen MR) is 256 cm³/mol. The number of fused-ring (bicyclic) bond motifs is 2. The number of ether oxygens (including phenoxy) is 5. The SMILES string of the molecule is CCCN1C(=O)[C@@H](CC(=O)[C@H](OC)[C@H](O)[C@@H](O)[C@H](O)/C=C/C(C)(C)C)COc2ccccc21.CCCN1C(=O)[C@@H](N)COc2ccccc21.CO[C@H]1C(=O)O[C@@H]([C@H](O)/C=C/C(C)(C)C)[C@H]1O.Cl. The Bertz CT molecular complexity index is 1950. The molecule has 67 heavy (non-hydrogen) atoms. The summed E-state index contributed by atoms with van der Waals surface area (Å²) in [4.78, 5) is 52.9. The van der Waals surface area contributed by atoms with Gasteiger partial charge < -0.3 is 64.8 Å². The highest BCUT2D eigenvalue weighted by molar-refractivity contribution is 6.00. The molecule has 5 rings (SSSR count). The van der Waals surface area contributed by atoms with Gasteiger partial charge in [-0.05, 0) is 47.9 Å². The number of aliphatic hydroxyl groups excluding tert-OH is 5. The summed E-state index contributed by atoms with van der Waals surface area (Å²) >= 11 is 0. The van der Waals surface area contributed by atoms with Gasteiger partial charge in [-0.3, -0.25) is 14.4 Å². The second kappa shape index (κ2) is 26.9. The number of Topliss-reactive ketones (excluding diaryl/α,β-unsaturated/α-hetero) is 1. The summed E-state index contributed by atoms with van der Waals surface area (Å²) < 4.78 is 26.2. The van der Waals surface area contributed by atoms with E-state index < -0.39 is 72.5 Å². The quantitative estimate of drug-likeness (QED) is 0.109. The molecule has 3 heterocycles. The molecular formula is C49H74ClN3O14. The number of para-hydroxylation sites is 4. The molecule has 7 N–H and O–H groups in total. The van der Waals surface area contributed by atoms with E-state index in [-0.39, 0.29) is 54.7 Å². The Hall–Kier alpha value is -4.43. The third-order valence-corrected chi connectivity index (χ3v) is 10.6. The number of methoxy groups -OCH3 is 2. The maximum absolute atomic E-state index is 13.2. The first kappa shape index (κ1) is 58.7. The Balaban J connectivity index is 0.000000379. The van der Waals surface area contributed by atoms with Gasteiger partial charge in [0, 0.05) is 33.7 Å². The molecule has 0 radical (unpaired) electrons. The summed E-state index contributed by atoms with van der Waals surface area (Å²) in [7, 11) is 2.55. The number of allylic oxidation sites excluding steroid dienone is 2. The number of benzene rings is 2. The van der Waals surface area contributed by atoms with Crippen molar-refractivity contribution in [3.05, 3.63) is 72.8 Å². The van der Waals surface area contributed by atoms with Crippen LogP contribution in [0.15, 0.2) is 72.8 Å². The molecule has 10 atom stereocenters. The largest absolute Gasteiger partial charge is 0.491 e. The fourth-order valence-electron chi connectivity index (χ4n) is 7.12. The summed E-state index contributed by atoms with van der Waals surface area (Å²) in [6.45, 7) is 17.1. The van der Waals surface area contributed by atoms with Gasteiger partial charge in [-0.25, -0.2) is 4.79 Å². The van der Waals surface area contributed by atoms with Crippen molar-refractivity contribution < 1.29 is 68.4 Å². The third-order valence-electron chi connectivity index (χ3n) is 10.6. The van der Waals surface area contributed by atoms with E-state index in [0.717, 1.165) is 24.3 Å². The number of cyclic esters (lactones) is 1. The Morgan fingerprint density at radius 1 is 0.791 bits per heavy atom. The summed E-state index contributed by atoms with van der Waals surface area (Å²) in [5.41, 5.74) is 6.92. The molecule has 1 saturated heterocycles. The number of carbonyl (C=O) groups excluding carboxylic acids is 4. The molecule has 2 amide bonds. The van der Waals surface area contributed by atoms with Crippen LogP contribution in [-0.4, -0.2) is 144 Å². The lowest BCUT2D eigenvalue weighted by Crippen LogP contribution is -2.49. The Kier molecular flexibility index (Phi) is 23.6. The smallest absolute Gasteiger partial charge is 0.338 e. The second-order valence-electron chi connectivity index (χ2n) is 18.6. The van der Waals surface area contributed by atoms with Crippen LogP contribution in [0, 0.1) is 16.7 Å². The fourth-order valence-corrected chi connectivity index (χ4v) is 7.12. The first-order valence-corrected chi connectivity index (χ1v) is 22.4. The van der Waals surface area contributed by atoms with Gasteiger partial charge in [-0.1, -0.05) is 104 Å². The van der Waals surface area contributed by atoms with Crippen LogP contribution in [0.3, 0.4) is 0 Å². The summed E-state index contributed by atoms with van der Waals surface area (Å²) in [6.07, 6.45) is -2.46. The van der Waals surface area contributed by atoms with E-state index >= 15 is 0 Å². The van der Waals surface area contributed by atoms with Crippen molar-refractivity contribution in [2.45, 2.75) is 130 Å². The summed E-state index contributed by atoms with van der Waals surface area (Å²) in [5, 5.41) is 50.8. The molecule has 2 aromatic rings. The number of nitrogens with zero attached hydrogens (tertiary/aromatic N) is 2. The second-order valence-corrected chi connectivity index (χ2v) is 18.6. The Morgan fingerprint density at radius 3 is 1.76 bits per heavy atom. The first-order chi connectivity index (χ1) is 31.0. The molecule has 376 valence electrons. The minimum atomic E-state index is -1.67. The number of anilines is 2. The lowest BCUT2D eigenvalue weighted by molar-refractivity contribution is -0.150. The molecule has 3 aliphatic rings. The van der Waals surface area contributed by atoms with Crippen LogP contribution in [0.25, 0.3) is 0 Å². The van der Waals surface area contributed by atoms with Gasteiger partial charge in [-0.15, -0.1) is 12.4 Å². The van der Waals surface area contributed by atoms with Gasteiger partial charge in [0.1, 0.15) is 67.4 Å². The lowest BCUT2D eigenvalue weighted by Gasteiger charge is -2.28. The number of hydrogen-bond donors (Lipinski definition) is 6. The zero-order valence-corrected chi connectivity index (χ0v) is 41.3. The minimum absolute atomic E-state index is 0. The number of nitrogens with two attached hydrogens (primary N) is 1. The van der Waals surface area contributed by atoms with Crippen LogP contribution in [0.2, 0.25) is 0 Å². The van der Waals surface area contributed by atoms with Crippen molar-refractivity contribution in [1.29, 1.82) is 0 Å². The molecule has 0 saturated carbocycles. The maximum atomic E-state index is 13.2. The Morgan fingerprint density at radius 2 is 1.28 bits per heavy atom. The van der Waals surface area contributed by atoms with Crippen molar-refractivity contribution in [1.82, 2.24) is 0 Å². The summed E-state index contributed by atoms with van der Waals surface area (Å²) in [6, 6.07) is 14.2. The minimum Gasteiger partial charge on any atom is -0.491 e. The highest BCUT2D eigenvalue weighted by Crippen LogP contribution is 2.34. The molecule has 1 fully saturated rings. The zero-order chi connectivity index (χ0) is 49.5. The lowest BCUT2D eigenvalue weighted by atomic mass is 9.91. The van der Waals surface area contributed by atoms with Gasteiger partial charge in [0.2, 0.25) is 11.8 Å². The topological polar surface area (TPSA) is 248 Å². The molecule has 0 spiro atoms. The molecular weight excluding hydrogens is 890 g/mol. The molecule has 2 aromatic carbocycles. The molecule has 3 aliphatic heterocycles. The summed E-state index contributed by atoms with van der Waals surface area (Å²) in [5.74, 6) is -0.975. The fraction of sp³-hybridized carbons (Fsp3) is 0.592. The van der Waals surface area contributed by atoms with Crippen LogP contribution >= 0.6 is 12.4 Å². The maximum Gasteiger partial charge on any atom is 0.338 e. The van der Waals surface area contributed by atoms with E-state index in [1.165, 1.54) is 26.4 Å². The number of aliphatic hydroxyl groups is 5. The van der Waals surface area contributed by atoms with E-state index in [9.17, 15) is 44.7 Å². The number of amides is 2. The number of esters is 1. The van der Waals surface area contributed by atoms with Crippen LogP contribution < -0.4 is 25.0 Å². The molecule has 17 nitrogen and oxygen atoms in total. The first-order valence-electron chi connectivity index (χ1n) is 22.4. The van der Waals surface area contributed by atoms with E-state index in [4.69, 9.17) is 29.4 Å². The van der Waals surface area contributed by atoms with Crippen molar-refractivity contribution in [3.8, 4) is 11.5 Å². The van der Waals surface area contributed by atoms with Gasteiger partial charge in [0.05, 0.1) is 17.3 Å². The van der Waals surface area contributed by atoms with E-state index in [1.54, 1.807) is 34.1 Å². The Labute approximate surface area is 401 Å². The third kappa shape index (κ3) is 16.9. The average Bonchev–Trinajstić information content (AvgIpc) is 3.42. The van der Waals surface area contributed by atoms with Crippen molar-refractivity contribution in [2.24, 2.45) is 22.5 Å². The number of rotatable bonds is 15. The normalized spacial score (nSPS) is 23.0. The van der Waals surface area contributed by atoms with Gasteiger partial charge in [-0.2, -0.15) is 0 Å². The molecule has 0 unspecified atom stereocenters. The molecule has 0 aromatic heterocycles. The van der Waals surface area contributed by atoms with Gasteiger partial charge in [0.25, 0.3) is 0 Å². The zero-order valence-electron chi connectivity index (χ0n) is 40.4. The van der Waals surface area contributed by atoms with Crippen molar-refractivity contribution in [3.63, 3.8) is 0 Å². The van der Waals surface area contributed by atoms with Crippen molar-refractivity contribution >= 4 is 47.3 Å². The standard InChI is InChI=1S/C25H37NO7.C12H16N2O2.C12H20O5.ClH/c1-6-13-26-17-9-7-8-10-20(17)33-15-16(24(26)31)14-19(28)23(32-5)22(30)21(29)18(27)11-12-25(2,3)4;1-2-7-14-10-5-3-4-6-11(10)16-8-9(13)12(14)15;1-12(2,3)6-5-7(13)9-8(14)10(16-4)11(15)17-9;/h7-12,16,18,21-23,27,29-30H,6,13-15H2,1-5H3;3-6,9H,2,7-8,13H2,1H3;5-10,13-14H,1-4H3;1H/b12-11+;;6-5+;/t16-,18+,21-,22+,23-;9-;7-,8-,9+,10-;/m001./s1. The van der Waals surface area contributed by atoms with Crippen LogP contribution in [0.5, 0.6) is 11.5 Å². The van der Waals surface area contributed by atoms with Crippen molar-refractivity contribution in [2.75, 3.05) is 50.3 Å². The molecule has 18 heteroatoms. The molecule has 0 aliphatic carbocycles. The molecule has 0 bridgehead atoms. The highest BCUT2D eigenvalue weighted by Gasteiger charge is 2.47. The number of hydrogen-bond acceptors (Lipinski definition) is 15. The predicted octanol–water partition coefficient (Wildman–Crippen LogP) is 3.92.